The van der Waals surface area contributed by atoms with Crippen molar-refractivity contribution < 1.29 is 36.4 Å². The highest BCUT2D eigenvalue weighted by Crippen LogP contribution is 2.53. The van der Waals surface area contributed by atoms with Crippen molar-refractivity contribution in [2.75, 3.05) is 45.6 Å². The van der Waals surface area contributed by atoms with E-state index in [2.05, 4.69) is 124 Å². The van der Waals surface area contributed by atoms with Crippen LogP contribution in [0.5, 0.6) is 0 Å². The smallest absolute Gasteiger partial charge is 0.205 e. The minimum absolute atomic E-state index is 0.0678. The lowest BCUT2D eigenvalue weighted by atomic mass is 9.37. The molecule has 0 heterocycles. The van der Waals surface area contributed by atoms with Crippen LogP contribution in [0.4, 0.5) is 0 Å². The Bertz CT molecular complexity index is 1450. The van der Waals surface area contributed by atoms with E-state index >= 15 is 0 Å². The highest BCUT2D eigenvalue weighted by atomic mass is 31.2. The lowest BCUT2D eigenvalue weighted by molar-refractivity contribution is 0.240. The molecule has 464 valence electrons. The van der Waals surface area contributed by atoms with Gasteiger partial charge in [0.25, 0.3) is 0 Å². The zero-order chi connectivity index (χ0) is 62.9. The second-order valence-electron chi connectivity index (χ2n) is 27.0. The summed E-state index contributed by atoms with van der Waals surface area (Å²) in [5, 5.41) is 0. The zero-order valence-electron chi connectivity index (χ0n) is 58.7. The maximum absolute atomic E-state index is 11.9. The Labute approximate surface area is 479 Å². The van der Waals surface area contributed by atoms with Gasteiger partial charge in [-0.25, -0.2) is 0 Å². The molecule has 4 atom stereocenters. The molecule has 0 radical (unpaired) electrons. The topological polar surface area (TPSA) is 113 Å². The monoisotopic (exact) mass is 1200 g/mol. The van der Waals surface area contributed by atoms with Gasteiger partial charge in [0.2, 0.25) is 22.1 Å². The van der Waals surface area contributed by atoms with Crippen LogP contribution in [0.1, 0.15) is 228 Å². The van der Waals surface area contributed by atoms with E-state index in [1.165, 1.54) is 0 Å². The van der Waals surface area contributed by atoms with Crippen molar-refractivity contribution >= 4 is 59.1 Å². The van der Waals surface area contributed by atoms with Crippen LogP contribution in [-0.4, -0.2) is 124 Å². The maximum Gasteiger partial charge on any atom is 0.205 e. The van der Waals surface area contributed by atoms with Gasteiger partial charge >= 0.3 is 0 Å². The van der Waals surface area contributed by atoms with Crippen molar-refractivity contribution in [3.05, 3.63) is 0 Å². The van der Waals surface area contributed by atoms with Crippen LogP contribution < -0.4 is 0 Å². The van der Waals surface area contributed by atoms with Gasteiger partial charge in [0.1, 0.15) is 6.71 Å². The van der Waals surface area contributed by atoms with Crippen LogP contribution in [0.25, 0.3) is 0 Å². The van der Waals surface area contributed by atoms with E-state index in [0.717, 1.165) is 46.9 Å². The molecule has 75 heavy (non-hydrogen) atoms. The molecule has 0 amide bonds. The molecule has 4 unspecified atom stereocenters. The van der Waals surface area contributed by atoms with E-state index in [1.807, 2.05) is 145 Å². The largest absolute Gasteiger partial charge is 0.326 e. The van der Waals surface area contributed by atoms with E-state index in [-0.39, 0.29) is 35.3 Å². The minimum Gasteiger partial charge on any atom is -0.326 e. The molecule has 0 spiro atoms. The van der Waals surface area contributed by atoms with E-state index in [4.69, 9.17) is 13.6 Å². The first-order valence-electron chi connectivity index (χ1n) is 29.5. The van der Waals surface area contributed by atoms with Gasteiger partial charge in [-0.1, -0.05) is 230 Å². The summed E-state index contributed by atoms with van der Waals surface area (Å²) in [7, 11) is -11.2. The fourth-order valence-electron chi connectivity index (χ4n) is 5.56. The van der Waals surface area contributed by atoms with E-state index in [0.29, 0.717) is 37.0 Å². The highest BCUT2D eigenvalue weighted by molar-refractivity contribution is 7.64. The Balaban J connectivity index is -0.000000114. The first-order chi connectivity index (χ1) is 32.9. The fourth-order valence-corrected chi connectivity index (χ4v) is 15.2. The second-order valence-corrected chi connectivity index (χ2v) is 53.8. The molecular weight excluding hydrogens is 1060 g/mol. The lowest BCUT2D eigenvalue weighted by Crippen LogP contribution is -2.32. The maximum atomic E-state index is 11.9. The Kier molecular flexibility index (Phi) is 56.2. The van der Waals surface area contributed by atoms with Crippen LogP contribution in [0.3, 0.4) is 0 Å². The summed E-state index contributed by atoms with van der Waals surface area (Å²) >= 11 is 0. The summed E-state index contributed by atoms with van der Waals surface area (Å²) in [6.07, 6.45) is 1.74. The molecule has 0 aliphatic carbocycles. The summed E-state index contributed by atoms with van der Waals surface area (Å²) in [5.41, 5.74) is 5.13. The third-order valence-electron chi connectivity index (χ3n) is 14.9. The average molecular weight is 1210 g/mol. The molecular formula is C59H143BO8P6Si. The summed E-state index contributed by atoms with van der Waals surface area (Å²) in [6, 6.07) is 0. The quantitative estimate of drug-likeness (QED) is 0.0825. The normalized spacial score (nSPS) is 15.3. The molecule has 0 fully saturated rings. The SMILES string of the molecule is CB(C(C)C)C(C)C.CC(C)CP(C)(=O)C(C)C.CC(C)OP(C)(=O)C(C)C.CC(C)OP(C)(=O)C(C)C.CC(C)P(C)(=O)C(C)C.CC(C)P(C)C(C)C.CC(C)[Si](C)(C)C(C)C.CCP(=O)(OC(C)C)C(C)C. The highest BCUT2D eigenvalue weighted by Gasteiger charge is 2.29. The van der Waals surface area contributed by atoms with Crippen LogP contribution in [0.2, 0.25) is 42.6 Å². The summed E-state index contributed by atoms with van der Waals surface area (Å²) in [6.45, 7) is 86.9. The molecule has 0 rings (SSSR count). The van der Waals surface area contributed by atoms with Crippen LogP contribution in [0.15, 0.2) is 0 Å². The van der Waals surface area contributed by atoms with Gasteiger partial charge in [0, 0.05) is 59.6 Å². The summed E-state index contributed by atoms with van der Waals surface area (Å²) < 4.78 is 74.1. The van der Waals surface area contributed by atoms with Gasteiger partial charge < -0.3 is 22.7 Å². The third-order valence-corrected chi connectivity index (χ3v) is 40.5. The molecule has 16 heteroatoms. The Hall–Kier alpha value is 1.74. The first kappa shape index (κ1) is 93.2. The molecule has 0 aliphatic rings. The second kappa shape index (κ2) is 45.2. The van der Waals surface area contributed by atoms with Gasteiger partial charge in [0.05, 0.1) is 40.7 Å². The lowest BCUT2D eigenvalue weighted by Gasteiger charge is -2.31. The molecule has 0 N–H and O–H groups in total. The Morgan fingerprint density at radius 3 is 0.733 bits per heavy atom. The Morgan fingerprint density at radius 2 is 0.693 bits per heavy atom. The van der Waals surface area contributed by atoms with Crippen LogP contribution in [0, 0.1) is 5.92 Å². The van der Waals surface area contributed by atoms with Crippen molar-refractivity contribution in [2.24, 2.45) is 5.92 Å². The molecule has 0 aliphatic heterocycles. The zero-order valence-corrected chi connectivity index (χ0v) is 65.0. The predicted octanol–water partition coefficient (Wildman–Crippen LogP) is 23.8. The molecule has 0 bridgehead atoms. The molecule has 0 aromatic rings. The van der Waals surface area contributed by atoms with E-state index in [1.54, 1.807) is 13.3 Å². The fraction of sp³-hybridized carbons (Fsp3) is 1.00. The van der Waals surface area contributed by atoms with Crippen LogP contribution in [-0.2, 0) is 36.4 Å². The predicted molar refractivity (Wildman–Crippen MR) is 364 cm³/mol. The third kappa shape index (κ3) is 52.3. The first-order valence-corrected chi connectivity index (χ1v) is 45.5. The van der Waals surface area contributed by atoms with Gasteiger partial charge in [-0.05, 0) is 78.8 Å². The molecule has 8 nitrogen and oxygen atoms in total. The van der Waals surface area contributed by atoms with Crippen molar-refractivity contribution in [1.82, 2.24) is 0 Å². The van der Waals surface area contributed by atoms with E-state index in [9.17, 15) is 22.8 Å². The van der Waals surface area contributed by atoms with E-state index < -0.39 is 44.5 Å². The van der Waals surface area contributed by atoms with Gasteiger partial charge in [-0.15, -0.1) is 7.92 Å². The number of hydrogen-bond donors (Lipinski definition) is 0. The standard InChI is InChI=1S/C8H19O2P.C8H19OP.C8H20Si.C7H17B.2C7H17O2P.C7H17OP.C7H17P/c1-6-11(9,8(4)5)10-7(2)3;1-7(2)6-10(5,9)8(3)4;1-7(2)9(5,6)8(3)4;1-6(2)8(5)7(3)4;2*1-6(2)9-10(5,8)7(3)4;1-6(2)9(5,8)7(3)4;1-6(2)8(5)7(3)4/h7-8H,6H2,1-5H3;7-8H,6H2,1-5H3;7-8H,1-6H3;6-7H,1-5H3;2*6-7H,1-5H3;6-7H,1-5H3;6-7H,1-5H3. The summed E-state index contributed by atoms with van der Waals surface area (Å²) in [5.74, 6) is 2.25. The molecule has 0 aromatic carbocycles. The van der Waals surface area contributed by atoms with Crippen molar-refractivity contribution in [2.45, 2.75) is 335 Å². The number of rotatable bonds is 21. The van der Waals surface area contributed by atoms with Crippen LogP contribution >= 0.6 is 44.3 Å². The average Bonchev–Trinajstić information content (AvgIpc) is 3.19. The number of hydrogen-bond acceptors (Lipinski definition) is 8. The molecule has 0 aromatic heterocycles. The Morgan fingerprint density at radius 1 is 0.427 bits per heavy atom. The van der Waals surface area contributed by atoms with Gasteiger partial charge in [0.15, 0.2) is 0 Å². The van der Waals surface area contributed by atoms with Gasteiger partial charge in [-0.2, -0.15) is 0 Å². The van der Waals surface area contributed by atoms with Crippen molar-refractivity contribution in [3.8, 4) is 0 Å². The van der Waals surface area contributed by atoms with Crippen molar-refractivity contribution in [1.29, 1.82) is 0 Å². The van der Waals surface area contributed by atoms with Gasteiger partial charge in [-0.3, -0.25) is 13.7 Å². The molecule has 0 saturated carbocycles. The van der Waals surface area contributed by atoms with Crippen molar-refractivity contribution in [3.63, 3.8) is 0 Å². The minimum atomic E-state index is -2.33. The summed E-state index contributed by atoms with van der Waals surface area (Å²) in [4.78, 5) is 0. The molecule has 0 saturated heterocycles.